The molecule has 0 bridgehead atoms. The molecule has 0 aliphatic heterocycles. The van der Waals surface area contributed by atoms with Gasteiger partial charge >= 0.3 is 5.00 Å². The molecule has 2 heterocycles. The van der Waals surface area contributed by atoms with Gasteiger partial charge in [-0.2, -0.15) is 0 Å². The zero-order valence-corrected chi connectivity index (χ0v) is 13.0. The SMILES string of the molecule is COCCn1c(-c2ccc([N+](=O)[O-])s2)nnc1S(=O)(=O)Cl. The summed E-state index contributed by atoms with van der Waals surface area (Å²) in [7, 11) is 2.67. The Morgan fingerprint density at radius 1 is 1.48 bits per heavy atom. The quantitative estimate of drug-likeness (QED) is 0.439. The van der Waals surface area contributed by atoms with E-state index in [4.69, 9.17) is 15.4 Å². The summed E-state index contributed by atoms with van der Waals surface area (Å²) in [6.07, 6.45) is 0. The van der Waals surface area contributed by atoms with E-state index in [0.29, 0.717) is 4.88 Å². The summed E-state index contributed by atoms with van der Waals surface area (Å²) in [5.41, 5.74) is 0. The highest BCUT2D eigenvalue weighted by molar-refractivity contribution is 8.13. The molecular weight excluding hydrogens is 344 g/mol. The van der Waals surface area contributed by atoms with Crippen LogP contribution in [0.5, 0.6) is 0 Å². The van der Waals surface area contributed by atoms with E-state index in [1.807, 2.05) is 0 Å². The first-order chi connectivity index (χ1) is 9.84. The highest BCUT2D eigenvalue weighted by Gasteiger charge is 2.25. The highest BCUT2D eigenvalue weighted by atomic mass is 35.7. The van der Waals surface area contributed by atoms with Crippen molar-refractivity contribution in [3.8, 4) is 10.7 Å². The molecular formula is C9H9ClN4O5S2. The van der Waals surface area contributed by atoms with Crippen molar-refractivity contribution in [3.63, 3.8) is 0 Å². The standard InChI is InChI=1S/C9H9ClN4O5S2/c1-19-5-4-13-8(11-12-9(13)21(10,17)18)6-2-3-7(20-6)14(15)16/h2-3H,4-5H2,1H3. The Labute approximate surface area is 127 Å². The van der Waals surface area contributed by atoms with E-state index in [1.54, 1.807) is 0 Å². The fourth-order valence-corrected chi connectivity index (χ4v) is 3.32. The van der Waals surface area contributed by atoms with Crippen LogP contribution in [-0.4, -0.2) is 41.8 Å². The second-order valence-corrected chi connectivity index (χ2v) is 7.31. The molecule has 9 nitrogen and oxygen atoms in total. The lowest BCUT2D eigenvalue weighted by molar-refractivity contribution is -0.380. The monoisotopic (exact) mass is 352 g/mol. The van der Waals surface area contributed by atoms with E-state index in [9.17, 15) is 18.5 Å². The summed E-state index contributed by atoms with van der Waals surface area (Å²) in [6, 6.07) is 2.78. The molecule has 0 saturated heterocycles. The maximum Gasteiger partial charge on any atom is 0.324 e. The van der Waals surface area contributed by atoms with Crippen LogP contribution in [0.3, 0.4) is 0 Å². The molecule has 114 valence electrons. The Bertz CT molecular complexity index is 769. The van der Waals surface area contributed by atoms with Crippen molar-refractivity contribution >= 4 is 36.1 Å². The van der Waals surface area contributed by atoms with Crippen molar-refractivity contribution in [2.75, 3.05) is 13.7 Å². The van der Waals surface area contributed by atoms with Gasteiger partial charge in [0.05, 0.1) is 23.0 Å². The summed E-state index contributed by atoms with van der Waals surface area (Å²) in [5, 5.41) is 17.5. The fourth-order valence-electron chi connectivity index (χ4n) is 1.58. The van der Waals surface area contributed by atoms with E-state index in [2.05, 4.69) is 10.2 Å². The summed E-state index contributed by atoms with van der Waals surface area (Å²) in [5.74, 6) is 0.185. The fraction of sp³-hybridized carbons (Fsp3) is 0.333. The van der Waals surface area contributed by atoms with Crippen LogP contribution in [0, 0.1) is 10.1 Å². The molecule has 2 rings (SSSR count). The zero-order chi connectivity index (χ0) is 15.6. The van der Waals surface area contributed by atoms with Crippen LogP contribution >= 0.6 is 22.0 Å². The number of nitro groups is 1. The van der Waals surface area contributed by atoms with Crippen molar-refractivity contribution < 1.29 is 18.1 Å². The van der Waals surface area contributed by atoms with Gasteiger partial charge in [0.25, 0.3) is 14.2 Å². The van der Waals surface area contributed by atoms with E-state index in [1.165, 1.54) is 23.8 Å². The number of methoxy groups -OCH3 is 1. The Hall–Kier alpha value is -1.56. The number of rotatable bonds is 6. The summed E-state index contributed by atoms with van der Waals surface area (Å²) < 4.78 is 29.1. The molecule has 2 aromatic rings. The van der Waals surface area contributed by atoms with E-state index in [0.717, 1.165) is 11.3 Å². The largest absolute Gasteiger partial charge is 0.383 e. The molecule has 0 aliphatic rings. The normalized spacial score (nSPS) is 11.7. The summed E-state index contributed by atoms with van der Waals surface area (Å²) in [6.45, 7) is 0.351. The smallest absolute Gasteiger partial charge is 0.324 e. The minimum Gasteiger partial charge on any atom is -0.383 e. The molecule has 0 fully saturated rings. The average molecular weight is 353 g/mol. The lowest BCUT2D eigenvalue weighted by atomic mass is 10.4. The molecule has 2 aromatic heterocycles. The molecule has 12 heteroatoms. The first kappa shape index (κ1) is 15.8. The molecule has 0 saturated carbocycles. The predicted octanol–water partition coefficient (Wildman–Crippen LogP) is 1.49. The van der Waals surface area contributed by atoms with E-state index >= 15 is 0 Å². The Morgan fingerprint density at radius 3 is 2.71 bits per heavy atom. The maximum absolute atomic E-state index is 11.5. The van der Waals surface area contributed by atoms with Crippen LogP contribution < -0.4 is 0 Å². The van der Waals surface area contributed by atoms with Gasteiger partial charge in [-0.15, -0.1) is 10.2 Å². The van der Waals surface area contributed by atoms with Gasteiger partial charge in [-0.25, -0.2) is 8.42 Å². The van der Waals surface area contributed by atoms with E-state index < -0.39 is 19.1 Å². The molecule has 0 aliphatic carbocycles. The van der Waals surface area contributed by atoms with E-state index in [-0.39, 0.29) is 24.0 Å². The topological polar surface area (TPSA) is 117 Å². The molecule has 21 heavy (non-hydrogen) atoms. The number of halogens is 1. The molecule has 0 N–H and O–H groups in total. The van der Waals surface area contributed by atoms with Gasteiger partial charge in [-0.05, 0) is 6.07 Å². The average Bonchev–Trinajstić information content (AvgIpc) is 3.01. The van der Waals surface area contributed by atoms with Crippen molar-refractivity contribution in [1.82, 2.24) is 14.8 Å². The van der Waals surface area contributed by atoms with Crippen LogP contribution in [0.4, 0.5) is 5.00 Å². The second-order valence-electron chi connectivity index (χ2n) is 3.78. The zero-order valence-electron chi connectivity index (χ0n) is 10.6. The minimum absolute atomic E-state index is 0.0819. The number of aromatic nitrogens is 3. The Balaban J connectivity index is 2.52. The van der Waals surface area contributed by atoms with Crippen LogP contribution in [-0.2, 0) is 20.3 Å². The first-order valence-electron chi connectivity index (χ1n) is 5.46. The third kappa shape index (κ3) is 3.37. The molecule has 0 spiro atoms. The Kier molecular flexibility index (Phi) is 4.56. The van der Waals surface area contributed by atoms with Crippen molar-refractivity contribution in [2.45, 2.75) is 11.7 Å². The van der Waals surface area contributed by atoms with Gasteiger partial charge < -0.3 is 4.74 Å². The van der Waals surface area contributed by atoms with Gasteiger partial charge in [0.2, 0.25) is 0 Å². The van der Waals surface area contributed by atoms with Crippen LogP contribution in [0.1, 0.15) is 0 Å². The molecule has 0 aromatic carbocycles. The molecule has 0 amide bonds. The third-order valence-corrected chi connectivity index (χ3v) is 4.63. The Morgan fingerprint density at radius 2 is 2.19 bits per heavy atom. The number of hydrogen-bond acceptors (Lipinski definition) is 8. The molecule has 0 radical (unpaired) electrons. The molecule has 0 unspecified atom stereocenters. The second kappa shape index (κ2) is 6.05. The van der Waals surface area contributed by atoms with Crippen LogP contribution in [0.15, 0.2) is 17.3 Å². The lowest BCUT2D eigenvalue weighted by Crippen LogP contribution is -2.11. The van der Waals surface area contributed by atoms with Crippen molar-refractivity contribution in [3.05, 3.63) is 22.2 Å². The summed E-state index contributed by atoms with van der Waals surface area (Å²) in [4.78, 5) is 10.6. The van der Waals surface area contributed by atoms with Crippen molar-refractivity contribution in [1.29, 1.82) is 0 Å². The van der Waals surface area contributed by atoms with Gasteiger partial charge in [-0.3, -0.25) is 14.7 Å². The maximum atomic E-state index is 11.5. The van der Waals surface area contributed by atoms with Crippen LogP contribution in [0.2, 0.25) is 0 Å². The summed E-state index contributed by atoms with van der Waals surface area (Å²) >= 11 is 0.865. The number of nitrogens with zero attached hydrogens (tertiary/aromatic N) is 4. The van der Waals surface area contributed by atoms with Crippen LogP contribution in [0.25, 0.3) is 10.7 Å². The number of hydrogen-bond donors (Lipinski definition) is 0. The number of thiophene rings is 1. The minimum atomic E-state index is -4.08. The third-order valence-electron chi connectivity index (χ3n) is 2.45. The van der Waals surface area contributed by atoms with Crippen molar-refractivity contribution in [2.24, 2.45) is 0 Å². The van der Waals surface area contributed by atoms with Gasteiger partial charge in [-0.1, -0.05) is 11.3 Å². The predicted molar refractivity (Wildman–Crippen MR) is 74.9 cm³/mol. The number of ether oxygens (including phenoxy) is 1. The molecule has 0 atom stereocenters. The highest BCUT2D eigenvalue weighted by Crippen LogP contribution is 2.32. The van der Waals surface area contributed by atoms with Gasteiger partial charge in [0.15, 0.2) is 5.82 Å². The first-order valence-corrected chi connectivity index (χ1v) is 8.58. The van der Waals surface area contributed by atoms with Gasteiger partial charge in [0.1, 0.15) is 0 Å². The van der Waals surface area contributed by atoms with Gasteiger partial charge in [0, 0.05) is 23.9 Å². The lowest BCUT2D eigenvalue weighted by Gasteiger charge is -2.06.